The molecular formula is C15H16N2O3. The molecule has 0 saturated heterocycles. The Morgan fingerprint density at radius 1 is 1.10 bits per heavy atom. The maximum Gasteiger partial charge on any atom is 0.319 e. The molecule has 0 aliphatic heterocycles. The van der Waals surface area contributed by atoms with E-state index < -0.39 is 0 Å². The zero-order valence-electron chi connectivity index (χ0n) is 11.1. The minimum absolute atomic E-state index is 0.161. The second-order valence-corrected chi connectivity index (χ2v) is 4.20. The van der Waals surface area contributed by atoms with Crippen molar-refractivity contribution in [2.45, 2.75) is 6.54 Å². The van der Waals surface area contributed by atoms with Crippen molar-refractivity contribution in [1.82, 2.24) is 5.32 Å². The summed E-state index contributed by atoms with van der Waals surface area (Å²) in [5.41, 5.74) is 1.60. The number of phenols is 1. The first-order chi connectivity index (χ1) is 9.67. The molecule has 0 heterocycles. The van der Waals surface area contributed by atoms with Crippen molar-refractivity contribution in [3.63, 3.8) is 0 Å². The highest BCUT2D eigenvalue weighted by Gasteiger charge is 2.02. The third-order valence-corrected chi connectivity index (χ3v) is 2.74. The number of benzene rings is 2. The number of amides is 2. The molecule has 3 N–H and O–H groups in total. The van der Waals surface area contributed by atoms with E-state index in [9.17, 15) is 4.79 Å². The molecular weight excluding hydrogens is 256 g/mol. The van der Waals surface area contributed by atoms with E-state index in [1.165, 1.54) is 12.1 Å². The monoisotopic (exact) mass is 272 g/mol. The van der Waals surface area contributed by atoms with Crippen LogP contribution in [-0.2, 0) is 6.54 Å². The number of rotatable bonds is 4. The first-order valence-electron chi connectivity index (χ1n) is 6.14. The van der Waals surface area contributed by atoms with Gasteiger partial charge in [0.25, 0.3) is 0 Å². The predicted octanol–water partition coefficient (Wildman–Crippen LogP) is 2.72. The molecule has 0 unspecified atom stereocenters. The number of aromatic hydroxyl groups is 1. The van der Waals surface area contributed by atoms with Crippen LogP contribution in [0.4, 0.5) is 10.5 Å². The normalized spacial score (nSPS) is 9.85. The van der Waals surface area contributed by atoms with Crippen molar-refractivity contribution in [3.8, 4) is 11.5 Å². The molecule has 0 aliphatic rings. The highest BCUT2D eigenvalue weighted by molar-refractivity contribution is 5.89. The fraction of sp³-hybridized carbons (Fsp3) is 0.133. The van der Waals surface area contributed by atoms with Crippen molar-refractivity contribution >= 4 is 11.7 Å². The number of phenolic OH excluding ortho intramolecular Hbond substituents is 1. The zero-order valence-corrected chi connectivity index (χ0v) is 11.1. The van der Waals surface area contributed by atoms with E-state index in [4.69, 9.17) is 9.84 Å². The van der Waals surface area contributed by atoms with Crippen LogP contribution >= 0.6 is 0 Å². The van der Waals surface area contributed by atoms with E-state index in [1.807, 2.05) is 24.3 Å². The Balaban J connectivity index is 1.83. The molecule has 0 radical (unpaired) electrons. The van der Waals surface area contributed by atoms with Crippen LogP contribution in [0.15, 0.2) is 48.5 Å². The molecule has 2 aromatic carbocycles. The van der Waals surface area contributed by atoms with Crippen LogP contribution in [0.3, 0.4) is 0 Å². The van der Waals surface area contributed by atoms with Gasteiger partial charge in [-0.15, -0.1) is 0 Å². The number of hydrogen-bond acceptors (Lipinski definition) is 3. The standard InChI is InChI=1S/C15H16N2O3/c1-20-14-8-2-11(3-9-14)10-16-15(19)17-12-4-6-13(18)7-5-12/h2-9,18H,10H2,1H3,(H2,16,17,19). The van der Waals surface area contributed by atoms with Crippen molar-refractivity contribution in [2.24, 2.45) is 0 Å². The summed E-state index contributed by atoms with van der Waals surface area (Å²) < 4.78 is 5.06. The van der Waals surface area contributed by atoms with E-state index in [2.05, 4.69) is 10.6 Å². The van der Waals surface area contributed by atoms with Crippen LogP contribution in [0.5, 0.6) is 11.5 Å². The number of methoxy groups -OCH3 is 1. The van der Waals surface area contributed by atoms with Crippen molar-refractivity contribution in [2.75, 3.05) is 12.4 Å². The summed E-state index contributed by atoms with van der Waals surface area (Å²) in [7, 11) is 1.61. The van der Waals surface area contributed by atoms with Gasteiger partial charge in [0.1, 0.15) is 11.5 Å². The molecule has 0 saturated carbocycles. The molecule has 0 fully saturated rings. The molecule has 2 aromatic rings. The second-order valence-electron chi connectivity index (χ2n) is 4.20. The maximum atomic E-state index is 11.7. The summed E-state index contributed by atoms with van der Waals surface area (Å²) in [5, 5.41) is 14.6. The van der Waals surface area contributed by atoms with Gasteiger partial charge in [0.05, 0.1) is 7.11 Å². The molecule has 0 aliphatic carbocycles. The third-order valence-electron chi connectivity index (χ3n) is 2.74. The van der Waals surface area contributed by atoms with Crippen molar-refractivity contribution in [1.29, 1.82) is 0 Å². The number of carbonyl (C=O) groups is 1. The Labute approximate surface area is 117 Å². The Kier molecular flexibility index (Phi) is 4.44. The molecule has 0 aromatic heterocycles. The number of urea groups is 1. The summed E-state index contributed by atoms with van der Waals surface area (Å²) >= 11 is 0. The van der Waals surface area contributed by atoms with Crippen molar-refractivity contribution < 1.29 is 14.6 Å². The lowest BCUT2D eigenvalue weighted by atomic mass is 10.2. The lowest BCUT2D eigenvalue weighted by Crippen LogP contribution is -2.28. The van der Waals surface area contributed by atoms with Gasteiger partial charge in [-0.3, -0.25) is 0 Å². The maximum absolute atomic E-state index is 11.7. The average molecular weight is 272 g/mol. The lowest BCUT2D eigenvalue weighted by molar-refractivity contribution is 0.251. The quantitative estimate of drug-likeness (QED) is 0.749. The summed E-state index contributed by atoms with van der Waals surface area (Å²) in [4.78, 5) is 11.7. The summed E-state index contributed by atoms with van der Waals surface area (Å²) in [5.74, 6) is 0.941. The van der Waals surface area contributed by atoms with Gasteiger partial charge in [0.15, 0.2) is 0 Å². The topological polar surface area (TPSA) is 70.6 Å². The van der Waals surface area contributed by atoms with Crippen LogP contribution < -0.4 is 15.4 Å². The summed E-state index contributed by atoms with van der Waals surface area (Å²) in [6.07, 6.45) is 0. The Morgan fingerprint density at radius 2 is 1.75 bits per heavy atom. The van der Waals surface area contributed by atoms with Crippen LogP contribution in [0.2, 0.25) is 0 Å². The van der Waals surface area contributed by atoms with Gasteiger partial charge in [-0.25, -0.2) is 4.79 Å². The third kappa shape index (κ3) is 3.91. The summed E-state index contributed by atoms with van der Waals surface area (Å²) in [6.45, 7) is 0.425. The van der Waals surface area contributed by atoms with Crippen LogP contribution in [0.1, 0.15) is 5.56 Å². The Bertz CT molecular complexity index is 565. The van der Waals surface area contributed by atoms with E-state index in [-0.39, 0.29) is 11.8 Å². The van der Waals surface area contributed by atoms with Gasteiger partial charge in [0, 0.05) is 12.2 Å². The van der Waals surface area contributed by atoms with Gasteiger partial charge in [-0.1, -0.05) is 12.1 Å². The fourth-order valence-corrected chi connectivity index (χ4v) is 1.65. The Morgan fingerprint density at radius 3 is 2.35 bits per heavy atom. The number of nitrogens with one attached hydrogen (secondary N) is 2. The molecule has 0 bridgehead atoms. The van der Waals surface area contributed by atoms with Gasteiger partial charge < -0.3 is 20.5 Å². The molecule has 5 nitrogen and oxygen atoms in total. The lowest BCUT2D eigenvalue weighted by Gasteiger charge is -2.08. The first-order valence-corrected chi connectivity index (χ1v) is 6.14. The smallest absolute Gasteiger partial charge is 0.319 e. The van der Waals surface area contributed by atoms with Crippen LogP contribution in [0.25, 0.3) is 0 Å². The SMILES string of the molecule is COc1ccc(CNC(=O)Nc2ccc(O)cc2)cc1. The van der Waals surface area contributed by atoms with E-state index in [0.717, 1.165) is 11.3 Å². The fourth-order valence-electron chi connectivity index (χ4n) is 1.65. The number of hydrogen-bond donors (Lipinski definition) is 3. The van der Waals surface area contributed by atoms with Crippen LogP contribution in [0, 0.1) is 0 Å². The zero-order chi connectivity index (χ0) is 14.4. The average Bonchev–Trinajstić information content (AvgIpc) is 2.48. The largest absolute Gasteiger partial charge is 0.508 e. The molecule has 20 heavy (non-hydrogen) atoms. The number of carbonyl (C=O) groups excluding carboxylic acids is 1. The van der Waals surface area contributed by atoms with Gasteiger partial charge in [0.2, 0.25) is 0 Å². The number of ether oxygens (including phenoxy) is 1. The Hall–Kier alpha value is -2.69. The highest BCUT2D eigenvalue weighted by Crippen LogP contribution is 2.14. The molecule has 2 rings (SSSR count). The van der Waals surface area contributed by atoms with E-state index in [1.54, 1.807) is 19.2 Å². The molecule has 104 valence electrons. The minimum atomic E-state index is -0.300. The molecule has 5 heteroatoms. The second kappa shape index (κ2) is 6.47. The van der Waals surface area contributed by atoms with Gasteiger partial charge in [-0.2, -0.15) is 0 Å². The number of anilines is 1. The van der Waals surface area contributed by atoms with Gasteiger partial charge in [-0.05, 0) is 42.0 Å². The first kappa shape index (κ1) is 13.7. The minimum Gasteiger partial charge on any atom is -0.508 e. The van der Waals surface area contributed by atoms with Gasteiger partial charge >= 0.3 is 6.03 Å². The van der Waals surface area contributed by atoms with E-state index in [0.29, 0.717) is 12.2 Å². The van der Waals surface area contributed by atoms with E-state index >= 15 is 0 Å². The van der Waals surface area contributed by atoms with Crippen molar-refractivity contribution in [3.05, 3.63) is 54.1 Å². The molecule has 0 spiro atoms. The van der Waals surface area contributed by atoms with Crippen LogP contribution in [-0.4, -0.2) is 18.2 Å². The highest BCUT2D eigenvalue weighted by atomic mass is 16.5. The molecule has 0 atom stereocenters. The summed E-state index contributed by atoms with van der Waals surface area (Å²) in [6, 6.07) is 13.4. The molecule has 2 amide bonds. The predicted molar refractivity (Wildman–Crippen MR) is 77.0 cm³/mol.